The topological polar surface area (TPSA) is 26.3 Å². The molecule has 0 saturated heterocycles. The Bertz CT molecular complexity index is 558. The lowest BCUT2D eigenvalue weighted by molar-refractivity contribution is -0.167. The highest BCUT2D eigenvalue weighted by atomic mass is 19.1. The summed E-state index contributed by atoms with van der Waals surface area (Å²) in [4.78, 5) is 12.4. The van der Waals surface area contributed by atoms with Crippen LogP contribution in [0.4, 0.5) is 8.78 Å². The molecule has 0 spiro atoms. The molecule has 1 aliphatic rings. The first-order valence-corrected chi connectivity index (χ1v) is 7.17. The fourth-order valence-corrected chi connectivity index (χ4v) is 2.29. The molecule has 0 heterocycles. The number of carbonyl (C=O) groups is 1. The Balaban J connectivity index is 2.38. The van der Waals surface area contributed by atoms with Gasteiger partial charge in [-0.3, -0.25) is 4.79 Å². The first-order valence-electron chi connectivity index (χ1n) is 7.17. The summed E-state index contributed by atoms with van der Waals surface area (Å²) in [5.41, 5.74) is -1.35. The Morgan fingerprint density at radius 2 is 1.90 bits per heavy atom. The van der Waals surface area contributed by atoms with E-state index in [2.05, 4.69) is 0 Å². The van der Waals surface area contributed by atoms with Gasteiger partial charge in [0, 0.05) is 11.6 Å². The Labute approximate surface area is 123 Å². The van der Waals surface area contributed by atoms with Crippen LogP contribution in [0.1, 0.15) is 45.6 Å². The molecule has 114 valence electrons. The quantitative estimate of drug-likeness (QED) is 0.604. The number of carbonyl (C=O) groups excluding carboxylic acids is 1. The summed E-state index contributed by atoms with van der Waals surface area (Å²) in [6.45, 7) is 5.50. The number of rotatable bonds is 4. The van der Waals surface area contributed by atoms with E-state index in [4.69, 9.17) is 4.74 Å². The van der Waals surface area contributed by atoms with Crippen molar-refractivity contribution in [3.05, 3.63) is 47.5 Å². The van der Waals surface area contributed by atoms with Gasteiger partial charge >= 0.3 is 5.97 Å². The van der Waals surface area contributed by atoms with Crippen molar-refractivity contribution in [2.24, 2.45) is 5.41 Å². The molecule has 1 unspecified atom stereocenters. The van der Waals surface area contributed by atoms with Crippen LogP contribution < -0.4 is 0 Å². The third kappa shape index (κ3) is 3.14. The first kappa shape index (κ1) is 15.7. The third-order valence-corrected chi connectivity index (χ3v) is 4.13. The van der Waals surface area contributed by atoms with Crippen LogP contribution in [0.2, 0.25) is 0 Å². The second kappa shape index (κ2) is 5.58. The molecule has 0 amide bonds. The molecule has 1 aromatic rings. The van der Waals surface area contributed by atoms with E-state index >= 15 is 0 Å². The third-order valence-electron chi connectivity index (χ3n) is 4.13. The second-order valence-electron chi connectivity index (χ2n) is 6.12. The molecule has 0 aromatic heterocycles. The van der Waals surface area contributed by atoms with Crippen molar-refractivity contribution in [2.75, 3.05) is 0 Å². The minimum Gasteiger partial charge on any atom is -0.449 e. The van der Waals surface area contributed by atoms with Crippen LogP contribution >= 0.6 is 0 Å². The minimum atomic E-state index is -1.06. The van der Waals surface area contributed by atoms with Crippen molar-refractivity contribution in [3.8, 4) is 0 Å². The molecular weight excluding hydrogens is 274 g/mol. The lowest BCUT2D eigenvalue weighted by atomic mass is 9.88. The number of hydrogen-bond acceptors (Lipinski definition) is 2. The molecule has 1 aromatic carbocycles. The molecule has 4 heteroatoms. The fourth-order valence-electron chi connectivity index (χ4n) is 2.29. The van der Waals surface area contributed by atoms with E-state index in [0.29, 0.717) is 24.8 Å². The van der Waals surface area contributed by atoms with E-state index in [1.54, 1.807) is 19.9 Å². The van der Waals surface area contributed by atoms with Gasteiger partial charge in [-0.05, 0) is 51.3 Å². The van der Waals surface area contributed by atoms with Crippen molar-refractivity contribution < 1.29 is 18.3 Å². The van der Waals surface area contributed by atoms with Gasteiger partial charge < -0.3 is 4.74 Å². The summed E-state index contributed by atoms with van der Waals surface area (Å²) in [6.07, 6.45) is 5.43. The highest BCUT2D eigenvalue weighted by Crippen LogP contribution is 2.40. The normalized spacial score (nSPS) is 21.6. The van der Waals surface area contributed by atoms with E-state index in [-0.39, 0.29) is 5.97 Å². The minimum absolute atomic E-state index is 0.342. The molecule has 0 N–H and O–H groups in total. The number of hydrogen-bond donors (Lipinski definition) is 0. The zero-order valence-electron chi connectivity index (χ0n) is 12.6. The van der Waals surface area contributed by atoms with Gasteiger partial charge in [-0.2, -0.15) is 0 Å². The molecule has 0 fully saturated rings. The lowest BCUT2D eigenvalue weighted by Crippen LogP contribution is -2.35. The smallest absolute Gasteiger partial charge is 0.312 e. The van der Waals surface area contributed by atoms with Crippen molar-refractivity contribution in [3.63, 3.8) is 0 Å². The van der Waals surface area contributed by atoms with E-state index in [1.165, 1.54) is 12.1 Å². The number of halogens is 2. The van der Waals surface area contributed by atoms with E-state index < -0.39 is 22.7 Å². The summed E-state index contributed by atoms with van der Waals surface area (Å²) < 4.78 is 32.7. The second-order valence-corrected chi connectivity index (χ2v) is 6.12. The molecular formula is C17H20F2O2. The number of esters is 1. The van der Waals surface area contributed by atoms with Crippen molar-refractivity contribution in [2.45, 2.75) is 45.6 Å². The standard InChI is InChI=1S/C17H20F2O2/c1-4-16(2,3)15(20)21-17(7-5-6-8-17)12-9-13(18)11-14(19)10-12/h5,7,9-11H,4,6,8H2,1-3H3. The Kier molecular flexibility index (Phi) is 4.17. The van der Waals surface area contributed by atoms with Crippen molar-refractivity contribution >= 4 is 5.97 Å². The average molecular weight is 294 g/mol. The first-order chi connectivity index (χ1) is 9.79. The number of benzene rings is 1. The number of ether oxygens (including phenoxy) is 1. The fraction of sp³-hybridized carbons (Fsp3) is 0.471. The van der Waals surface area contributed by atoms with E-state index in [1.807, 2.05) is 13.0 Å². The van der Waals surface area contributed by atoms with Crippen LogP contribution in [0.5, 0.6) is 0 Å². The summed E-state index contributed by atoms with van der Waals surface area (Å²) in [6, 6.07) is 3.27. The molecule has 0 saturated carbocycles. The van der Waals surface area contributed by atoms with Crippen LogP contribution in [-0.2, 0) is 15.1 Å². The van der Waals surface area contributed by atoms with Gasteiger partial charge in [-0.1, -0.05) is 13.0 Å². The van der Waals surface area contributed by atoms with Gasteiger partial charge in [0.15, 0.2) is 5.60 Å². The predicted molar refractivity (Wildman–Crippen MR) is 76.6 cm³/mol. The zero-order chi connectivity index (χ0) is 15.7. The highest BCUT2D eigenvalue weighted by molar-refractivity contribution is 5.76. The molecule has 21 heavy (non-hydrogen) atoms. The number of allylic oxidation sites excluding steroid dienone is 1. The zero-order valence-corrected chi connectivity index (χ0v) is 12.6. The van der Waals surface area contributed by atoms with Gasteiger partial charge in [0.05, 0.1) is 5.41 Å². The van der Waals surface area contributed by atoms with Crippen LogP contribution in [0.3, 0.4) is 0 Å². The van der Waals surface area contributed by atoms with Crippen molar-refractivity contribution in [1.29, 1.82) is 0 Å². The summed E-state index contributed by atoms with van der Waals surface area (Å²) in [7, 11) is 0. The maximum Gasteiger partial charge on any atom is 0.312 e. The molecule has 0 bridgehead atoms. The van der Waals surface area contributed by atoms with Crippen LogP contribution in [0.25, 0.3) is 0 Å². The van der Waals surface area contributed by atoms with Gasteiger partial charge in [-0.15, -0.1) is 0 Å². The van der Waals surface area contributed by atoms with Gasteiger partial charge in [0.1, 0.15) is 11.6 Å². The van der Waals surface area contributed by atoms with Crippen LogP contribution in [0, 0.1) is 17.0 Å². The summed E-state index contributed by atoms with van der Waals surface area (Å²) in [5.74, 6) is -1.70. The summed E-state index contributed by atoms with van der Waals surface area (Å²) >= 11 is 0. The lowest BCUT2D eigenvalue weighted by Gasteiger charge is -2.32. The molecule has 1 aliphatic carbocycles. The van der Waals surface area contributed by atoms with Crippen LogP contribution in [0.15, 0.2) is 30.4 Å². The van der Waals surface area contributed by atoms with Crippen LogP contribution in [-0.4, -0.2) is 5.97 Å². The molecule has 2 rings (SSSR count). The predicted octanol–water partition coefficient (Wildman–Crippen LogP) is 4.49. The maximum atomic E-state index is 13.5. The van der Waals surface area contributed by atoms with Gasteiger partial charge in [0.25, 0.3) is 0 Å². The van der Waals surface area contributed by atoms with Gasteiger partial charge in [-0.25, -0.2) is 8.78 Å². The average Bonchev–Trinajstić information content (AvgIpc) is 2.87. The summed E-state index contributed by atoms with van der Waals surface area (Å²) in [5, 5.41) is 0. The Hall–Kier alpha value is -1.71. The Morgan fingerprint density at radius 3 is 2.38 bits per heavy atom. The largest absolute Gasteiger partial charge is 0.449 e. The van der Waals surface area contributed by atoms with E-state index in [9.17, 15) is 13.6 Å². The van der Waals surface area contributed by atoms with E-state index in [0.717, 1.165) is 6.07 Å². The highest BCUT2D eigenvalue weighted by Gasteiger charge is 2.40. The monoisotopic (exact) mass is 294 g/mol. The molecule has 0 aliphatic heterocycles. The van der Waals surface area contributed by atoms with Crippen molar-refractivity contribution in [1.82, 2.24) is 0 Å². The van der Waals surface area contributed by atoms with Gasteiger partial charge in [0.2, 0.25) is 0 Å². The molecule has 1 atom stereocenters. The molecule has 0 radical (unpaired) electrons. The molecule has 2 nitrogen and oxygen atoms in total. The Morgan fingerprint density at radius 1 is 1.29 bits per heavy atom. The SMILES string of the molecule is CCC(C)(C)C(=O)OC1(c2cc(F)cc(F)c2)C=CCC1. The maximum absolute atomic E-state index is 13.5.